The highest BCUT2D eigenvalue weighted by atomic mass is 19.1. The molecule has 0 saturated heterocycles. The molecule has 0 aliphatic carbocycles. The number of fused-ring (bicyclic) bond motifs is 1. The first kappa shape index (κ1) is 13.4. The van der Waals surface area contributed by atoms with E-state index in [9.17, 15) is 14.5 Å². The lowest BCUT2D eigenvalue weighted by Crippen LogP contribution is -2.26. The molecule has 2 aromatic carbocycles. The molecule has 2 aromatic rings. The third-order valence-corrected chi connectivity index (χ3v) is 3.44. The predicted octanol–water partition coefficient (Wildman–Crippen LogP) is 3.13. The molecule has 108 valence electrons. The zero-order valence-electron chi connectivity index (χ0n) is 11.2. The summed E-state index contributed by atoms with van der Waals surface area (Å²) < 4.78 is 19.4. The van der Waals surface area contributed by atoms with Gasteiger partial charge in [-0.3, -0.25) is 10.1 Å². The highest BCUT2D eigenvalue weighted by Gasteiger charge is 2.26. The van der Waals surface area contributed by atoms with Crippen molar-refractivity contribution in [2.24, 2.45) is 0 Å². The molecule has 0 N–H and O–H groups in total. The average Bonchev–Trinajstić information content (AvgIpc) is 2.68. The average molecular weight is 288 g/mol. The number of rotatable bonds is 2. The summed E-state index contributed by atoms with van der Waals surface area (Å²) in [5.41, 5.74) is 0.714. The number of nitro benzene ring substituents is 1. The number of anilines is 1. The van der Waals surface area contributed by atoms with E-state index in [1.165, 1.54) is 6.07 Å². The molecular weight excluding hydrogens is 275 g/mol. The molecule has 0 spiro atoms. The highest BCUT2D eigenvalue weighted by Crippen LogP contribution is 2.33. The Morgan fingerprint density at radius 1 is 1.19 bits per heavy atom. The number of benzene rings is 2. The van der Waals surface area contributed by atoms with Crippen molar-refractivity contribution in [1.29, 1.82) is 0 Å². The number of halogens is 1. The van der Waals surface area contributed by atoms with Gasteiger partial charge in [-0.25, -0.2) is 0 Å². The van der Waals surface area contributed by atoms with E-state index in [0.717, 1.165) is 17.4 Å². The van der Waals surface area contributed by atoms with Gasteiger partial charge in [0.05, 0.1) is 11.5 Å². The number of nitro groups is 1. The van der Waals surface area contributed by atoms with Gasteiger partial charge in [0.25, 0.3) is 0 Å². The Morgan fingerprint density at radius 2 is 2.00 bits per heavy atom. The Kier molecular flexibility index (Phi) is 3.43. The zero-order valence-corrected chi connectivity index (χ0v) is 11.2. The molecule has 0 amide bonds. The van der Waals surface area contributed by atoms with Gasteiger partial charge >= 0.3 is 5.69 Å². The minimum absolute atomic E-state index is 0.278. The van der Waals surface area contributed by atoms with Crippen LogP contribution in [0.5, 0.6) is 5.75 Å². The minimum atomic E-state index is -0.823. The van der Waals surface area contributed by atoms with Crippen molar-refractivity contribution in [3.63, 3.8) is 0 Å². The fourth-order valence-electron chi connectivity index (χ4n) is 2.47. The van der Waals surface area contributed by atoms with Crippen LogP contribution >= 0.6 is 0 Å². The minimum Gasteiger partial charge on any atom is -0.491 e. The van der Waals surface area contributed by atoms with Crippen molar-refractivity contribution in [1.82, 2.24) is 0 Å². The van der Waals surface area contributed by atoms with Crippen LogP contribution in [0.1, 0.15) is 5.56 Å². The second-order valence-corrected chi connectivity index (χ2v) is 4.74. The fourth-order valence-corrected chi connectivity index (χ4v) is 2.47. The van der Waals surface area contributed by atoms with Gasteiger partial charge in [-0.1, -0.05) is 24.3 Å². The third-order valence-electron chi connectivity index (χ3n) is 3.44. The van der Waals surface area contributed by atoms with Gasteiger partial charge < -0.3 is 9.64 Å². The number of hydrogen-bond donors (Lipinski definition) is 0. The molecule has 21 heavy (non-hydrogen) atoms. The summed E-state index contributed by atoms with van der Waals surface area (Å²) in [5, 5.41) is 11.1. The van der Waals surface area contributed by atoms with Crippen LogP contribution in [0.3, 0.4) is 0 Å². The maximum atomic E-state index is 13.8. The van der Waals surface area contributed by atoms with Crippen molar-refractivity contribution in [3.05, 3.63) is 64.0 Å². The molecular formula is C15H13FN2O3. The monoisotopic (exact) mass is 288 g/mol. The Hall–Kier alpha value is -2.63. The van der Waals surface area contributed by atoms with E-state index in [4.69, 9.17) is 4.74 Å². The van der Waals surface area contributed by atoms with Crippen molar-refractivity contribution < 1.29 is 14.1 Å². The largest absolute Gasteiger partial charge is 0.491 e. The first-order valence-electron chi connectivity index (χ1n) is 6.55. The quantitative estimate of drug-likeness (QED) is 0.629. The summed E-state index contributed by atoms with van der Waals surface area (Å²) in [4.78, 5) is 12.2. The van der Waals surface area contributed by atoms with E-state index in [0.29, 0.717) is 19.7 Å². The van der Waals surface area contributed by atoms with E-state index in [1.807, 2.05) is 24.3 Å². The lowest BCUT2D eigenvalue weighted by atomic mass is 10.1. The van der Waals surface area contributed by atoms with Gasteiger partial charge in [-0.05, 0) is 18.2 Å². The van der Waals surface area contributed by atoms with Crippen LogP contribution in [-0.2, 0) is 6.54 Å². The van der Waals surface area contributed by atoms with Crippen LogP contribution in [0.4, 0.5) is 15.8 Å². The summed E-state index contributed by atoms with van der Waals surface area (Å²) >= 11 is 0. The van der Waals surface area contributed by atoms with Crippen LogP contribution in [0.25, 0.3) is 0 Å². The summed E-state index contributed by atoms with van der Waals surface area (Å²) in [6, 6.07) is 11.7. The van der Waals surface area contributed by atoms with E-state index < -0.39 is 16.4 Å². The molecule has 0 unspecified atom stereocenters. The first-order valence-corrected chi connectivity index (χ1v) is 6.55. The molecule has 0 atom stereocenters. The molecule has 6 heteroatoms. The SMILES string of the molecule is O=[N+]([O-])c1c(F)cccc1N1CCOc2ccccc2C1. The van der Waals surface area contributed by atoms with E-state index >= 15 is 0 Å². The predicted molar refractivity (Wildman–Crippen MR) is 76.0 cm³/mol. The maximum absolute atomic E-state index is 13.8. The van der Waals surface area contributed by atoms with Crippen molar-refractivity contribution in [2.45, 2.75) is 6.54 Å². The topological polar surface area (TPSA) is 55.6 Å². The van der Waals surface area contributed by atoms with Crippen molar-refractivity contribution >= 4 is 11.4 Å². The summed E-state index contributed by atoms with van der Waals surface area (Å²) in [6.45, 7) is 1.30. The first-order chi connectivity index (χ1) is 10.2. The molecule has 0 saturated carbocycles. The summed E-state index contributed by atoms with van der Waals surface area (Å²) in [7, 11) is 0. The van der Waals surface area contributed by atoms with Gasteiger partial charge in [-0.15, -0.1) is 0 Å². The summed E-state index contributed by atoms with van der Waals surface area (Å²) in [5.74, 6) is -0.0602. The molecule has 0 fully saturated rings. The van der Waals surface area contributed by atoms with Crippen LogP contribution in [0, 0.1) is 15.9 Å². The molecule has 3 rings (SSSR count). The lowest BCUT2D eigenvalue weighted by Gasteiger charge is -2.21. The Balaban J connectivity index is 2.02. The smallest absolute Gasteiger partial charge is 0.327 e. The summed E-state index contributed by atoms with van der Waals surface area (Å²) in [6.07, 6.45) is 0. The molecule has 1 aliphatic rings. The Bertz CT molecular complexity index is 690. The Morgan fingerprint density at radius 3 is 2.81 bits per heavy atom. The third kappa shape index (κ3) is 2.52. The van der Waals surface area contributed by atoms with Crippen LogP contribution < -0.4 is 9.64 Å². The maximum Gasteiger partial charge on any atom is 0.327 e. The molecule has 0 aromatic heterocycles. The second kappa shape index (κ2) is 5.40. The van der Waals surface area contributed by atoms with E-state index in [-0.39, 0.29) is 5.69 Å². The van der Waals surface area contributed by atoms with E-state index in [2.05, 4.69) is 0 Å². The highest BCUT2D eigenvalue weighted by molar-refractivity contribution is 5.64. The molecule has 5 nitrogen and oxygen atoms in total. The van der Waals surface area contributed by atoms with Gasteiger partial charge in [0.2, 0.25) is 5.82 Å². The number of hydrogen-bond acceptors (Lipinski definition) is 4. The standard InChI is InChI=1S/C15H13FN2O3/c16-12-5-3-6-13(15(12)18(19)20)17-8-9-21-14-7-2-1-4-11(14)10-17/h1-7H,8-10H2. The van der Waals surface area contributed by atoms with Crippen molar-refractivity contribution in [2.75, 3.05) is 18.1 Å². The Labute approximate surface area is 120 Å². The molecule has 1 heterocycles. The van der Waals surface area contributed by atoms with Gasteiger partial charge in [0.1, 0.15) is 18.0 Å². The lowest BCUT2D eigenvalue weighted by molar-refractivity contribution is -0.386. The number of para-hydroxylation sites is 2. The normalized spacial score (nSPS) is 14.0. The molecule has 0 bridgehead atoms. The number of nitrogens with zero attached hydrogens (tertiary/aromatic N) is 2. The van der Waals surface area contributed by atoms with Crippen LogP contribution in [0.15, 0.2) is 42.5 Å². The van der Waals surface area contributed by atoms with Crippen molar-refractivity contribution in [3.8, 4) is 5.75 Å². The van der Waals surface area contributed by atoms with Gasteiger partial charge in [0.15, 0.2) is 0 Å². The van der Waals surface area contributed by atoms with E-state index in [1.54, 1.807) is 11.0 Å². The van der Waals surface area contributed by atoms with Gasteiger partial charge in [0, 0.05) is 12.1 Å². The molecule has 1 aliphatic heterocycles. The fraction of sp³-hybridized carbons (Fsp3) is 0.200. The zero-order chi connectivity index (χ0) is 14.8. The molecule has 0 radical (unpaired) electrons. The second-order valence-electron chi connectivity index (χ2n) is 4.74. The number of ether oxygens (including phenoxy) is 1. The van der Waals surface area contributed by atoms with Gasteiger partial charge in [-0.2, -0.15) is 4.39 Å². The van der Waals surface area contributed by atoms with Crippen LogP contribution in [0.2, 0.25) is 0 Å². The van der Waals surface area contributed by atoms with Crippen LogP contribution in [-0.4, -0.2) is 18.1 Å².